The lowest BCUT2D eigenvalue weighted by Crippen LogP contribution is -2.25. The van der Waals surface area contributed by atoms with Gasteiger partial charge in [0.25, 0.3) is 5.91 Å². The van der Waals surface area contributed by atoms with Crippen LogP contribution in [-0.2, 0) is 0 Å². The van der Waals surface area contributed by atoms with Gasteiger partial charge in [0.15, 0.2) is 0 Å². The van der Waals surface area contributed by atoms with Gasteiger partial charge in [-0.15, -0.1) is 0 Å². The van der Waals surface area contributed by atoms with E-state index in [9.17, 15) is 4.79 Å². The zero-order valence-electron chi connectivity index (χ0n) is 10.5. The van der Waals surface area contributed by atoms with Crippen LogP contribution in [0.3, 0.4) is 0 Å². The summed E-state index contributed by atoms with van der Waals surface area (Å²) in [5.74, 6) is 0.745. The summed E-state index contributed by atoms with van der Waals surface area (Å²) < 4.78 is 0. The largest absolute Gasteiger partial charge is 0.351 e. The number of amides is 1. The number of carbonyl (C=O) groups is 1. The average Bonchev–Trinajstić information content (AvgIpc) is 2.87. The third-order valence-corrected chi connectivity index (χ3v) is 3.71. The number of nitrogens with zero attached hydrogens (tertiary/aromatic N) is 1. The number of rotatable bonds is 5. The summed E-state index contributed by atoms with van der Waals surface area (Å²) in [7, 11) is 0. The number of carbonyl (C=O) groups excluding carboxylic acids is 1. The van der Waals surface area contributed by atoms with Gasteiger partial charge in [0.1, 0.15) is 10.8 Å². The van der Waals surface area contributed by atoms with Gasteiger partial charge in [-0.1, -0.05) is 43.4 Å². The monoisotopic (exact) mass is 266 g/mol. The van der Waals surface area contributed by atoms with E-state index in [1.807, 2.05) is 0 Å². The SMILES string of the molecule is O=C(NCCCC1CCCC1)c1cccc(Cl)n1. The number of hydrogen-bond donors (Lipinski definition) is 1. The maximum absolute atomic E-state index is 11.8. The first-order chi connectivity index (χ1) is 8.75. The molecule has 0 unspecified atom stereocenters. The van der Waals surface area contributed by atoms with Crippen LogP contribution in [0.5, 0.6) is 0 Å². The lowest BCUT2D eigenvalue weighted by atomic mass is 10.0. The zero-order chi connectivity index (χ0) is 12.8. The quantitative estimate of drug-likeness (QED) is 0.655. The number of halogens is 1. The lowest BCUT2D eigenvalue weighted by molar-refractivity contribution is 0.0947. The van der Waals surface area contributed by atoms with Gasteiger partial charge in [0.05, 0.1) is 0 Å². The predicted octanol–water partition coefficient (Wildman–Crippen LogP) is 3.44. The molecule has 0 aromatic carbocycles. The predicted molar refractivity (Wildman–Crippen MR) is 72.8 cm³/mol. The van der Waals surface area contributed by atoms with Crippen molar-refractivity contribution in [3.63, 3.8) is 0 Å². The highest BCUT2D eigenvalue weighted by molar-refractivity contribution is 6.29. The Hall–Kier alpha value is -1.09. The van der Waals surface area contributed by atoms with Gasteiger partial charge < -0.3 is 5.32 Å². The summed E-state index contributed by atoms with van der Waals surface area (Å²) >= 11 is 5.75. The fourth-order valence-electron chi connectivity index (χ4n) is 2.52. The molecule has 3 nitrogen and oxygen atoms in total. The summed E-state index contributed by atoms with van der Waals surface area (Å²) in [4.78, 5) is 15.7. The van der Waals surface area contributed by atoms with Crippen molar-refractivity contribution in [3.05, 3.63) is 29.0 Å². The first kappa shape index (κ1) is 13.3. The van der Waals surface area contributed by atoms with Crippen molar-refractivity contribution in [1.82, 2.24) is 10.3 Å². The van der Waals surface area contributed by atoms with Crippen LogP contribution >= 0.6 is 11.6 Å². The van der Waals surface area contributed by atoms with E-state index >= 15 is 0 Å². The molecule has 1 heterocycles. The summed E-state index contributed by atoms with van der Waals surface area (Å²) in [5, 5.41) is 3.25. The molecule has 1 aliphatic carbocycles. The van der Waals surface area contributed by atoms with Crippen molar-refractivity contribution in [2.75, 3.05) is 6.54 Å². The first-order valence-electron chi connectivity index (χ1n) is 6.66. The van der Waals surface area contributed by atoms with Crippen LogP contribution in [0.15, 0.2) is 18.2 Å². The highest BCUT2D eigenvalue weighted by atomic mass is 35.5. The zero-order valence-corrected chi connectivity index (χ0v) is 11.2. The molecule has 4 heteroatoms. The third kappa shape index (κ3) is 3.98. The van der Waals surface area contributed by atoms with Crippen molar-refractivity contribution in [1.29, 1.82) is 0 Å². The van der Waals surface area contributed by atoms with Crippen LogP contribution in [0.25, 0.3) is 0 Å². The molecular weight excluding hydrogens is 248 g/mol. The van der Waals surface area contributed by atoms with E-state index in [4.69, 9.17) is 11.6 Å². The van der Waals surface area contributed by atoms with Crippen molar-refractivity contribution in [2.45, 2.75) is 38.5 Å². The highest BCUT2D eigenvalue weighted by Gasteiger charge is 2.14. The van der Waals surface area contributed by atoms with Crippen molar-refractivity contribution in [2.24, 2.45) is 5.92 Å². The molecule has 0 aliphatic heterocycles. The molecule has 1 N–H and O–H groups in total. The van der Waals surface area contributed by atoms with E-state index in [-0.39, 0.29) is 5.91 Å². The fraction of sp³-hybridized carbons (Fsp3) is 0.571. The number of pyridine rings is 1. The van der Waals surface area contributed by atoms with E-state index in [0.29, 0.717) is 10.8 Å². The molecule has 0 spiro atoms. The van der Waals surface area contributed by atoms with E-state index < -0.39 is 0 Å². The summed E-state index contributed by atoms with van der Waals surface area (Å²) in [5.41, 5.74) is 0.392. The second kappa shape index (κ2) is 6.74. The standard InChI is InChI=1S/C14H19ClN2O/c15-13-9-3-8-12(17-13)14(18)16-10-4-7-11-5-1-2-6-11/h3,8-9,11H,1-2,4-7,10H2,(H,16,18). The Morgan fingerprint density at radius 3 is 2.89 bits per heavy atom. The Kier molecular flexibility index (Phi) is 5.00. The van der Waals surface area contributed by atoms with Crippen molar-refractivity contribution < 1.29 is 4.79 Å². The molecule has 1 aromatic rings. The van der Waals surface area contributed by atoms with Crippen LogP contribution in [0.1, 0.15) is 49.0 Å². The topological polar surface area (TPSA) is 42.0 Å². The number of aromatic nitrogens is 1. The molecule has 0 saturated heterocycles. The van der Waals surface area contributed by atoms with E-state index in [2.05, 4.69) is 10.3 Å². The maximum atomic E-state index is 11.8. The van der Waals surface area contributed by atoms with E-state index in [1.54, 1.807) is 18.2 Å². The van der Waals surface area contributed by atoms with Gasteiger partial charge in [-0.25, -0.2) is 4.98 Å². The maximum Gasteiger partial charge on any atom is 0.269 e. The molecule has 0 radical (unpaired) electrons. The molecule has 2 rings (SSSR count). The molecular formula is C14H19ClN2O. The van der Waals surface area contributed by atoms with Crippen molar-refractivity contribution in [3.8, 4) is 0 Å². The average molecular weight is 267 g/mol. The van der Waals surface area contributed by atoms with Crippen LogP contribution in [0.2, 0.25) is 5.15 Å². The molecule has 1 aromatic heterocycles. The van der Waals surface area contributed by atoms with Crippen LogP contribution in [0, 0.1) is 5.92 Å². The summed E-state index contributed by atoms with van der Waals surface area (Å²) in [6.45, 7) is 0.726. The van der Waals surface area contributed by atoms with Crippen LogP contribution in [0.4, 0.5) is 0 Å². The Morgan fingerprint density at radius 1 is 1.39 bits per heavy atom. The van der Waals surface area contributed by atoms with Crippen LogP contribution < -0.4 is 5.32 Å². The summed E-state index contributed by atoms with van der Waals surface area (Å²) in [6, 6.07) is 5.08. The molecule has 0 atom stereocenters. The van der Waals surface area contributed by atoms with E-state index in [1.165, 1.54) is 32.1 Å². The smallest absolute Gasteiger partial charge is 0.269 e. The van der Waals surface area contributed by atoms with Gasteiger partial charge in [0, 0.05) is 6.54 Å². The molecule has 18 heavy (non-hydrogen) atoms. The Morgan fingerprint density at radius 2 is 2.17 bits per heavy atom. The van der Waals surface area contributed by atoms with Gasteiger partial charge in [-0.2, -0.15) is 0 Å². The first-order valence-corrected chi connectivity index (χ1v) is 7.04. The second-order valence-corrected chi connectivity index (χ2v) is 5.28. The van der Waals surface area contributed by atoms with Gasteiger partial charge in [-0.3, -0.25) is 4.79 Å². The van der Waals surface area contributed by atoms with Crippen LogP contribution in [-0.4, -0.2) is 17.4 Å². The molecule has 1 amide bonds. The molecule has 0 bridgehead atoms. The van der Waals surface area contributed by atoms with Gasteiger partial charge >= 0.3 is 0 Å². The number of nitrogens with one attached hydrogen (secondary N) is 1. The van der Waals surface area contributed by atoms with Crippen molar-refractivity contribution >= 4 is 17.5 Å². The van der Waals surface area contributed by atoms with Gasteiger partial charge in [0.2, 0.25) is 0 Å². The third-order valence-electron chi connectivity index (χ3n) is 3.50. The minimum absolute atomic E-state index is 0.135. The molecule has 98 valence electrons. The number of hydrogen-bond acceptors (Lipinski definition) is 2. The minimum Gasteiger partial charge on any atom is -0.351 e. The normalized spacial score (nSPS) is 15.8. The van der Waals surface area contributed by atoms with Gasteiger partial charge in [-0.05, 0) is 30.9 Å². The second-order valence-electron chi connectivity index (χ2n) is 4.89. The molecule has 1 aliphatic rings. The molecule has 1 fully saturated rings. The van der Waals surface area contributed by atoms with E-state index in [0.717, 1.165) is 18.9 Å². The Balaban J connectivity index is 1.68. The fourth-order valence-corrected chi connectivity index (χ4v) is 2.68. The molecule has 1 saturated carbocycles. The minimum atomic E-state index is -0.135. The lowest BCUT2D eigenvalue weighted by Gasteiger charge is -2.09. The Bertz CT molecular complexity index is 403. The summed E-state index contributed by atoms with van der Waals surface area (Å²) in [6.07, 6.45) is 7.76. The highest BCUT2D eigenvalue weighted by Crippen LogP contribution is 2.28. The Labute approximate surface area is 113 Å².